The van der Waals surface area contributed by atoms with E-state index in [0.717, 1.165) is 27.5 Å². The molecule has 0 N–H and O–H groups in total. The van der Waals surface area contributed by atoms with Gasteiger partial charge in [-0.05, 0) is 101 Å². The van der Waals surface area contributed by atoms with Gasteiger partial charge in [0.25, 0.3) is 0 Å². The number of para-hydroxylation sites is 1. The molecule has 10 aromatic rings. The second-order valence-corrected chi connectivity index (χ2v) is 12.8. The maximum atomic E-state index is 6.21. The fourth-order valence-electron chi connectivity index (χ4n) is 7.77. The van der Waals surface area contributed by atoms with Gasteiger partial charge in [0.1, 0.15) is 11.2 Å². The zero-order valence-electron chi connectivity index (χ0n) is 26.7. The van der Waals surface area contributed by atoms with Crippen LogP contribution in [0.4, 0.5) is 0 Å². The van der Waals surface area contributed by atoms with Gasteiger partial charge < -0.3 is 4.42 Å². The van der Waals surface area contributed by atoms with E-state index in [9.17, 15) is 0 Å². The molecule has 0 radical (unpaired) electrons. The minimum Gasteiger partial charge on any atom is -0.456 e. The summed E-state index contributed by atoms with van der Waals surface area (Å²) >= 11 is 0. The van der Waals surface area contributed by atoms with Gasteiger partial charge in [0.05, 0.1) is 0 Å². The average Bonchev–Trinajstić information content (AvgIpc) is 3.55. The highest BCUT2D eigenvalue weighted by Gasteiger charge is 2.18. The number of benzene rings is 9. The number of hydrogen-bond acceptors (Lipinski definition) is 1. The van der Waals surface area contributed by atoms with Gasteiger partial charge in [0, 0.05) is 10.8 Å². The van der Waals surface area contributed by atoms with Crippen molar-refractivity contribution in [2.75, 3.05) is 0 Å². The van der Waals surface area contributed by atoms with E-state index in [1.807, 2.05) is 12.1 Å². The number of hydrogen-bond donors (Lipinski definition) is 0. The highest BCUT2D eigenvalue weighted by atomic mass is 16.3. The highest BCUT2D eigenvalue weighted by Crippen LogP contribution is 2.46. The summed E-state index contributed by atoms with van der Waals surface area (Å²) in [7, 11) is 0. The standard InChI is InChI=1S/C48H30O/c1-2-11-31(12-3-1)35-26-23-33-13-10-19-43(44(33)29-35)48-41-17-6-4-15-39(41)47(40-16-5-7-18-42(40)48)34-24-21-32(22-25-34)36-27-28-38-37-14-8-9-20-45(37)49-46(38)30-36/h1-30H. The number of rotatable bonds is 4. The van der Waals surface area contributed by atoms with E-state index in [-0.39, 0.29) is 0 Å². The molecule has 0 spiro atoms. The number of furan rings is 1. The van der Waals surface area contributed by atoms with Gasteiger partial charge in [0.15, 0.2) is 0 Å². The van der Waals surface area contributed by atoms with Crippen LogP contribution >= 0.6 is 0 Å². The Balaban J connectivity index is 1.15. The molecule has 49 heavy (non-hydrogen) atoms. The van der Waals surface area contributed by atoms with Crippen LogP contribution in [0.5, 0.6) is 0 Å². The Labute approximate surface area is 284 Å². The Kier molecular flexibility index (Phi) is 6.25. The summed E-state index contributed by atoms with van der Waals surface area (Å²) in [5, 5.41) is 9.83. The molecule has 1 heterocycles. The maximum absolute atomic E-state index is 6.21. The summed E-state index contributed by atoms with van der Waals surface area (Å²) in [5.74, 6) is 0. The molecular formula is C48H30O. The largest absolute Gasteiger partial charge is 0.456 e. The van der Waals surface area contributed by atoms with Gasteiger partial charge in [-0.15, -0.1) is 0 Å². The molecule has 0 fully saturated rings. The van der Waals surface area contributed by atoms with Gasteiger partial charge in [-0.1, -0.05) is 158 Å². The Morgan fingerprint density at radius 1 is 0.265 bits per heavy atom. The lowest BCUT2D eigenvalue weighted by molar-refractivity contribution is 0.669. The highest BCUT2D eigenvalue weighted by molar-refractivity contribution is 6.23. The van der Waals surface area contributed by atoms with Gasteiger partial charge in [0.2, 0.25) is 0 Å². The molecule has 10 rings (SSSR count). The molecule has 9 aromatic carbocycles. The summed E-state index contributed by atoms with van der Waals surface area (Å²) in [4.78, 5) is 0. The van der Waals surface area contributed by atoms with Crippen LogP contribution in [0, 0.1) is 0 Å². The minimum absolute atomic E-state index is 0.916. The summed E-state index contributed by atoms with van der Waals surface area (Å²) < 4.78 is 6.21. The van der Waals surface area contributed by atoms with Crippen molar-refractivity contribution in [3.05, 3.63) is 182 Å². The molecule has 0 aliphatic rings. The van der Waals surface area contributed by atoms with Crippen LogP contribution in [0.3, 0.4) is 0 Å². The molecule has 0 amide bonds. The van der Waals surface area contributed by atoms with E-state index < -0.39 is 0 Å². The molecule has 0 unspecified atom stereocenters. The minimum atomic E-state index is 0.916. The smallest absolute Gasteiger partial charge is 0.136 e. The lowest BCUT2D eigenvalue weighted by atomic mass is 9.84. The van der Waals surface area contributed by atoms with Crippen molar-refractivity contribution in [1.82, 2.24) is 0 Å². The zero-order chi connectivity index (χ0) is 32.3. The number of fused-ring (bicyclic) bond motifs is 6. The third kappa shape index (κ3) is 4.47. The van der Waals surface area contributed by atoms with E-state index in [2.05, 4.69) is 170 Å². The second kappa shape index (κ2) is 11.1. The van der Waals surface area contributed by atoms with Crippen molar-refractivity contribution in [2.45, 2.75) is 0 Å². The van der Waals surface area contributed by atoms with Crippen molar-refractivity contribution in [2.24, 2.45) is 0 Å². The van der Waals surface area contributed by atoms with E-state index in [1.165, 1.54) is 71.3 Å². The lowest BCUT2D eigenvalue weighted by Gasteiger charge is -2.19. The van der Waals surface area contributed by atoms with Crippen molar-refractivity contribution >= 4 is 54.3 Å². The zero-order valence-corrected chi connectivity index (χ0v) is 26.7. The lowest BCUT2D eigenvalue weighted by Crippen LogP contribution is -1.92. The summed E-state index contributed by atoms with van der Waals surface area (Å²) in [6, 6.07) is 65.9. The first-order valence-electron chi connectivity index (χ1n) is 16.8. The van der Waals surface area contributed by atoms with Crippen LogP contribution in [0.15, 0.2) is 186 Å². The molecule has 0 bridgehead atoms. The normalized spacial score (nSPS) is 11.7. The third-order valence-electron chi connectivity index (χ3n) is 10.1. The van der Waals surface area contributed by atoms with Gasteiger partial charge in [-0.2, -0.15) is 0 Å². The predicted octanol–water partition coefficient (Wildman–Crippen LogP) is 13.7. The van der Waals surface area contributed by atoms with Crippen molar-refractivity contribution in [3.8, 4) is 44.5 Å². The van der Waals surface area contributed by atoms with Gasteiger partial charge in [-0.3, -0.25) is 0 Å². The SMILES string of the molecule is c1ccc(-c2ccc3cccc(-c4c5ccccc5c(-c5ccc(-c6ccc7c(c6)oc6ccccc67)cc5)c5ccccc45)c3c2)cc1. The van der Waals surface area contributed by atoms with Crippen LogP contribution in [0.25, 0.3) is 98.8 Å². The third-order valence-corrected chi connectivity index (χ3v) is 10.1. The first-order chi connectivity index (χ1) is 24.3. The summed E-state index contributed by atoms with van der Waals surface area (Å²) in [6.45, 7) is 0. The van der Waals surface area contributed by atoms with Crippen LogP contribution in [-0.2, 0) is 0 Å². The molecule has 0 saturated carbocycles. The van der Waals surface area contributed by atoms with Gasteiger partial charge >= 0.3 is 0 Å². The molecule has 1 nitrogen and oxygen atoms in total. The average molecular weight is 623 g/mol. The first kappa shape index (κ1) is 27.7. The van der Waals surface area contributed by atoms with E-state index >= 15 is 0 Å². The molecule has 0 atom stereocenters. The Bertz CT molecular complexity index is 2800. The van der Waals surface area contributed by atoms with Crippen LogP contribution < -0.4 is 0 Å². The van der Waals surface area contributed by atoms with Crippen molar-refractivity contribution in [1.29, 1.82) is 0 Å². The van der Waals surface area contributed by atoms with Crippen LogP contribution in [0.2, 0.25) is 0 Å². The Morgan fingerprint density at radius 2 is 0.796 bits per heavy atom. The molecule has 1 aromatic heterocycles. The van der Waals surface area contributed by atoms with Gasteiger partial charge in [-0.25, -0.2) is 0 Å². The summed E-state index contributed by atoms with van der Waals surface area (Å²) in [6.07, 6.45) is 0. The molecule has 0 aliphatic heterocycles. The maximum Gasteiger partial charge on any atom is 0.136 e. The first-order valence-corrected chi connectivity index (χ1v) is 16.8. The topological polar surface area (TPSA) is 13.1 Å². The van der Waals surface area contributed by atoms with E-state index in [1.54, 1.807) is 0 Å². The monoisotopic (exact) mass is 622 g/mol. The molecular weight excluding hydrogens is 593 g/mol. The van der Waals surface area contributed by atoms with Crippen LogP contribution in [0.1, 0.15) is 0 Å². The Morgan fingerprint density at radius 3 is 1.53 bits per heavy atom. The molecule has 0 aliphatic carbocycles. The van der Waals surface area contributed by atoms with E-state index in [0.29, 0.717) is 0 Å². The summed E-state index contributed by atoms with van der Waals surface area (Å²) in [5.41, 5.74) is 11.6. The fourth-order valence-corrected chi connectivity index (χ4v) is 7.77. The fraction of sp³-hybridized carbons (Fsp3) is 0. The second-order valence-electron chi connectivity index (χ2n) is 12.8. The molecule has 1 heteroatoms. The Hall–Kier alpha value is -6.44. The predicted molar refractivity (Wildman–Crippen MR) is 208 cm³/mol. The van der Waals surface area contributed by atoms with Crippen molar-refractivity contribution in [3.63, 3.8) is 0 Å². The van der Waals surface area contributed by atoms with E-state index in [4.69, 9.17) is 4.42 Å². The van der Waals surface area contributed by atoms with Crippen molar-refractivity contribution < 1.29 is 4.42 Å². The molecule has 228 valence electrons. The quantitative estimate of drug-likeness (QED) is 0.178. The molecule has 0 saturated heterocycles. The van der Waals surface area contributed by atoms with Crippen LogP contribution in [-0.4, -0.2) is 0 Å².